The van der Waals surface area contributed by atoms with Crippen LogP contribution in [0.25, 0.3) is 10.9 Å². The van der Waals surface area contributed by atoms with Gasteiger partial charge in [-0.1, -0.05) is 18.2 Å². The molecule has 4 heteroatoms. The molecule has 1 aromatic heterocycles. The number of piperidine rings is 1. The quantitative estimate of drug-likeness (QED) is 0.829. The number of hydrogen-bond donors (Lipinski definition) is 2. The number of benzene rings is 1. The van der Waals surface area contributed by atoms with Crippen molar-refractivity contribution in [3.8, 4) is 0 Å². The molecule has 2 heterocycles. The maximum absolute atomic E-state index is 5.90. The van der Waals surface area contributed by atoms with Gasteiger partial charge < -0.3 is 15.4 Å². The zero-order valence-corrected chi connectivity index (χ0v) is 12.6. The Kier molecular flexibility index (Phi) is 4.68. The lowest BCUT2D eigenvalue weighted by molar-refractivity contribution is 0.0394. The number of pyridine rings is 1. The van der Waals surface area contributed by atoms with Gasteiger partial charge in [0.15, 0.2) is 0 Å². The van der Waals surface area contributed by atoms with E-state index >= 15 is 0 Å². The largest absolute Gasteiger partial charge is 0.376 e. The van der Waals surface area contributed by atoms with Crippen molar-refractivity contribution in [3.05, 3.63) is 35.9 Å². The van der Waals surface area contributed by atoms with Gasteiger partial charge >= 0.3 is 0 Å². The van der Waals surface area contributed by atoms with Gasteiger partial charge in [-0.05, 0) is 50.6 Å². The molecule has 1 aliphatic heterocycles. The Morgan fingerprint density at radius 3 is 2.95 bits per heavy atom. The number of anilines is 1. The molecular weight excluding hydrogens is 262 g/mol. The van der Waals surface area contributed by atoms with Crippen LogP contribution in [0.2, 0.25) is 0 Å². The number of para-hydroxylation sites is 1. The fourth-order valence-corrected chi connectivity index (χ4v) is 2.76. The summed E-state index contributed by atoms with van der Waals surface area (Å²) in [5.74, 6) is 0.961. The Labute approximate surface area is 125 Å². The minimum atomic E-state index is 0.415. The molecule has 0 radical (unpaired) electrons. The highest BCUT2D eigenvalue weighted by Gasteiger charge is 2.12. The molecule has 1 fully saturated rings. The summed E-state index contributed by atoms with van der Waals surface area (Å²) in [7, 11) is 0. The summed E-state index contributed by atoms with van der Waals surface area (Å²) >= 11 is 0. The lowest BCUT2D eigenvalue weighted by Crippen LogP contribution is -2.33. The van der Waals surface area contributed by atoms with Crippen molar-refractivity contribution < 1.29 is 4.74 Å². The third kappa shape index (κ3) is 3.71. The van der Waals surface area contributed by atoms with Gasteiger partial charge in [-0.25, -0.2) is 4.98 Å². The maximum atomic E-state index is 5.90. The molecule has 0 spiro atoms. The standard InChI is InChI=1S/C17H23N3O/c1-13-12-14-4-2-3-5-16(14)20-17(13)19-10-11-21-15-6-8-18-9-7-15/h2-5,12,15,18H,6-11H2,1H3,(H,19,20). The van der Waals surface area contributed by atoms with Crippen LogP contribution >= 0.6 is 0 Å². The number of nitrogens with zero attached hydrogens (tertiary/aromatic N) is 1. The average molecular weight is 285 g/mol. The number of rotatable bonds is 5. The number of fused-ring (bicyclic) bond motifs is 1. The van der Waals surface area contributed by atoms with Gasteiger partial charge in [0, 0.05) is 11.9 Å². The van der Waals surface area contributed by atoms with E-state index in [9.17, 15) is 0 Å². The Bertz CT molecular complexity index is 594. The third-order valence-corrected chi connectivity index (χ3v) is 3.95. The van der Waals surface area contributed by atoms with Crippen LogP contribution in [-0.4, -0.2) is 37.3 Å². The normalized spacial score (nSPS) is 16.2. The number of ether oxygens (including phenoxy) is 1. The van der Waals surface area contributed by atoms with Crippen molar-refractivity contribution in [1.82, 2.24) is 10.3 Å². The molecule has 0 amide bonds. The summed E-state index contributed by atoms with van der Waals surface area (Å²) in [6.45, 7) is 5.77. The first-order valence-electron chi connectivity index (χ1n) is 7.75. The lowest BCUT2D eigenvalue weighted by atomic mass is 10.1. The van der Waals surface area contributed by atoms with Gasteiger partial charge in [-0.2, -0.15) is 0 Å². The number of aryl methyl sites for hydroxylation is 1. The second kappa shape index (κ2) is 6.87. The van der Waals surface area contributed by atoms with E-state index < -0.39 is 0 Å². The van der Waals surface area contributed by atoms with Crippen LogP contribution in [0.1, 0.15) is 18.4 Å². The highest BCUT2D eigenvalue weighted by Crippen LogP contribution is 2.19. The minimum Gasteiger partial charge on any atom is -0.376 e. The number of aromatic nitrogens is 1. The zero-order chi connectivity index (χ0) is 14.5. The second-order valence-electron chi connectivity index (χ2n) is 5.59. The molecule has 1 aliphatic rings. The summed E-state index contributed by atoms with van der Waals surface area (Å²) in [6, 6.07) is 10.4. The van der Waals surface area contributed by atoms with Crippen LogP contribution < -0.4 is 10.6 Å². The van der Waals surface area contributed by atoms with E-state index in [4.69, 9.17) is 4.74 Å². The van der Waals surface area contributed by atoms with Crippen molar-refractivity contribution in [2.75, 3.05) is 31.6 Å². The van der Waals surface area contributed by atoms with Gasteiger partial charge in [-0.3, -0.25) is 0 Å². The molecule has 0 bridgehead atoms. The molecule has 1 saturated heterocycles. The summed E-state index contributed by atoms with van der Waals surface area (Å²) in [4.78, 5) is 4.68. The van der Waals surface area contributed by atoms with Gasteiger partial charge in [0.1, 0.15) is 5.82 Å². The lowest BCUT2D eigenvalue weighted by Gasteiger charge is -2.23. The topological polar surface area (TPSA) is 46.2 Å². The molecule has 0 saturated carbocycles. The highest BCUT2D eigenvalue weighted by atomic mass is 16.5. The van der Waals surface area contributed by atoms with E-state index in [1.54, 1.807) is 0 Å². The van der Waals surface area contributed by atoms with E-state index in [1.807, 2.05) is 18.2 Å². The smallest absolute Gasteiger partial charge is 0.129 e. The molecule has 0 unspecified atom stereocenters. The second-order valence-corrected chi connectivity index (χ2v) is 5.59. The first-order chi connectivity index (χ1) is 10.3. The SMILES string of the molecule is Cc1cc2ccccc2nc1NCCOC1CCNCC1. The van der Waals surface area contributed by atoms with Crippen LogP contribution in [0, 0.1) is 6.92 Å². The molecular formula is C17H23N3O. The minimum absolute atomic E-state index is 0.415. The van der Waals surface area contributed by atoms with Crippen LogP contribution in [0.3, 0.4) is 0 Å². The van der Waals surface area contributed by atoms with Crippen molar-refractivity contribution in [3.63, 3.8) is 0 Å². The van der Waals surface area contributed by atoms with Crippen molar-refractivity contribution in [1.29, 1.82) is 0 Å². The molecule has 2 aromatic rings. The summed E-state index contributed by atoms with van der Waals surface area (Å²) in [5.41, 5.74) is 2.21. The number of nitrogens with one attached hydrogen (secondary N) is 2. The Balaban J connectivity index is 1.53. The predicted octanol–water partition coefficient (Wildman–Crippen LogP) is 2.72. The fraction of sp³-hybridized carbons (Fsp3) is 0.471. The molecule has 1 aromatic carbocycles. The van der Waals surface area contributed by atoms with Crippen molar-refractivity contribution in [2.24, 2.45) is 0 Å². The molecule has 112 valence electrons. The zero-order valence-electron chi connectivity index (χ0n) is 12.6. The summed E-state index contributed by atoms with van der Waals surface area (Å²) < 4.78 is 5.90. The van der Waals surface area contributed by atoms with E-state index in [1.165, 1.54) is 10.9 Å². The average Bonchev–Trinajstić information content (AvgIpc) is 2.53. The monoisotopic (exact) mass is 285 g/mol. The fourth-order valence-electron chi connectivity index (χ4n) is 2.76. The van der Waals surface area contributed by atoms with Crippen molar-refractivity contribution in [2.45, 2.75) is 25.9 Å². The van der Waals surface area contributed by atoms with Gasteiger partial charge in [-0.15, -0.1) is 0 Å². The predicted molar refractivity (Wildman–Crippen MR) is 86.8 cm³/mol. The van der Waals surface area contributed by atoms with Crippen molar-refractivity contribution >= 4 is 16.7 Å². The van der Waals surface area contributed by atoms with Crippen LogP contribution in [0.5, 0.6) is 0 Å². The molecule has 3 rings (SSSR count). The molecule has 4 nitrogen and oxygen atoms in total. The molecule has 0 atom stereocenters. The van der Waals surface area contributed by atoms with E-state index in [-0.39, 0.29) is 0 Å². The molecule has 21 heavy (non-hydrogen) atoms. The van der Waals surface area contributed by atoms with Crippen LogP contribution in [0.4, 0.5) is 5.82 Å². The van der Waals surface area contributed by atoms with Gasteiger partial charge in [0.25, 0.3) is 0 Å². The molecule has 0 aliphatic carbocycles. The highest BCUT2D eigenvalue weighted by molar-refractivity contribution is 5.81. The van der Waals surface area contributed by atoms with Gasteiger partial charge in [0.2, 0.25) is 0 Å². The van der Waals surface area contributed by atoms with E-state index in [2.05, 4.69) is 34.7 Å². The van der Waals surface area contributed by atoms with E-state index in [0.717, 1.165) is 50.4 Å². The number of hydrogen-bond acceptors (Lipinski definition) is 4. The van der Waals surface area contributed by atoms with Crippen LogP contribution in [-0.2, 0) is 4.74 Å². The Morgan fingerprint density at radius 2 is 2.10 bits per heavy atom. The Morgan fingerprint density at radius 1 is 1.29 bits per heavy atom. The van der Waals surface area contributed by atoms with E-state index in [0.29, 0.717) is 6.10 Å². The summed E-state index contributed by atoms with van der Waals surface area (Å²) in [6.07, 6.45) is 2.65. The summed E-state index contributed by atoms with van der Waals surface area (Å²) in [5, 5.41) is 7.93. The first-order valence-corrected chi connectivity index (χ1v) is 7.75. The molecule has 2 N–H and O–H groups in total. The maximum Gasteiger partial charge on any atom is 0.129 e. The third-order valence-electron chi connectivity index (χ3n) is 3.95. The Hall–Kier alpha value is -1.65. The van der Waals surface area contributed by atoms with Gasteiger partial charge in [0.05, 0.1) is 18.2 Å². The van der Waals surface area contributed by atoms with Crippen LogP contribution in [0.15, 0.2) is 30.3 Å². The first kappa shape index (κ1) is 14.3.